The minimum absolute atomic E-state index is 0.165. The molecular weight excluding hydrogens is 220 g/mol. The Hall–Kier alpha value is -0.650. The van der Waals surface area contributed by atoms with Crippen LogP contribution in [0.25, 0.3) is 0 Å². The molecule has 2 N–H and O–H groups in total. The van der Waals surface area contributed by atoms with Gasteiger partial charge in [-0.3, -0.25) is 4.79 Å². The van der Waals surface area contributed by atoms with Crippen LogP contribution in [0.5, 0.6) is 0 Å². The number of nitrogens with zero attached hydrogens (tertiary/aromatic N) is 1. The number of aliphatic hydroxyl groups is 1. The van der Waals surface area contributed by atoms with Gasteiger partial charge in [0.2, 0.25) is 5.91 Å². The molecule has 3 saturated heterocycles. The van der Waals surface area contributed by atoms with Crippen LogP contribution >= 0.6 is 0 Å². The third-order valence-corrected chi connectivity index (χ3v) is 4.23. The third kappa shape index (κ3) is 2.07. The average Bonchev–Trinajstić information content (AvgIpc) is 2.59. The summed E-state index contributed by atoms with van der Waals surface area (Å²) in [5.74, 6) is 0.419. The van der Waals surface area contributed by atoms with Gasteiger partial charge in [-0.05, 0) is 12.8 Å². The van der Waals surface area contributed by atoms with Crippen molar-refractivity contribution in [3.63, 3.8) is 0 Å². The summed E-state index contributed by atoms with van der Waals surface area (Å²) >= 11 is 0. The lowest BCUT2D eigenvalue weighted by Gasteiger charge is -2.37. The van der Waals surface area contributed by atoms with Crippen LogP contribution in [0.3, 0.4) is 0 Å². The van der Waals surface area contributed by atoms with E-state index in [1.165, 1.54) is 0 Å². The van der Waals surface area contributed by atoms with Gasteiger partial charge in [0.05, 0.1) is 17.6 Å². The highest BCUT2D eigenvalue weighted by Crippen LogP contribution is 2.34. The lowest BCUT2D eigenvalue weighted by atomic mass is 9.91. The number of amides is 1. The molecule has 0 aliphatic carbocycles. The van der Waals surface area contributed by atoms with Crippen molar-refractivity contribution in [2.45, 2.75) is 31.0 Å². The van der Waals surface area contributed by atoms with Gasteiger partial charge in [-0.25, -0.2) is 0 Å². The van der Waals surface area contributed by atoms with E-state index in [4.69, 9.17) is 4.74 Å². The molecule has 0 unspecified atom stereocenters. The van der Waals surface area contributed by atoms with Crippen molar-refractivity contribution in [1.82, 2.24) is 10.2 Å². The highest BCUT2D eigenvalue weighted by molar-refractivity contribution is 5.80. The van der Waals surface area contributed by atoms with Crippen LogP contribution in [0, 0.1) is 5.92 Å². The van der Waals surface area contributed by atoms with Crippen LogP contribution in [0.2, 0.25) is 0 Å². The van der Waals surface area contributed by atoms with E-state index < -0.39 is 0 Å². The SMILES string of the molecule is O=C(C1CNC1)N1CC[C@@]2(C[C@H](O)CCO2)C1. The first-order chi connectivity index (χ1) is 8.19. The molecule has 1 spiro atoms. The minimum Gasteiger partial charge on any atom is -0.393 e. The van der Waals surface area contributed by atoms with Crippen molar-refractivity contribution < 1.29 is 14.6 Å². The number of carbonyl (C=O) groups is 1. The fourth-order valence-electron chi connectivity index (χ4n) is 3.04. The lowest BCUT2D eigenvalue weighted by Crippen LogP contribution is -2.52. The second kappa shape index (κ2) is 4.23. The molecule has 1 amide bonds. The molecule has 3 rings (SSSR count). The van der Waals surface area contributed by atoms with Crippen LogP contribution in [0.15, 0.2) is 0 Å². The molecule has 5 nitrogen and oxygen atoms in total. The summed E-state index contributed by atoms with van der Waals surface area (Å²) in [6.07, 6.45) is 2.02. The number of nitrogens with one attached hydrogen (secondary N) is 1. The number of hydrogen-bond donors (Lipinski definition) is 2. The maximum absolute atomic E-state index is 12.1. The van der Waals surface area contributed by atoms with E-state index in [2.05, 4.69) is 5.32 Å². The van der Waals surface area contributed by atoms with Crippen molar-refractivity contribution in [3.05, 3.63) is 0 Å². The van der Waals surface area contributed by atoms with Gasteiger partial charge in [-0.2, -0.15) is 0 Å². The van der Waals surface area contributed by atoms with Gasteiger partial charge in [0.15, 0.2) is 0 Å². The standard InChI is InChI=1S/C12H20N2O3/c15-10-1-4-17-12(5-10)2-3-14(8-12)11(16)9-6-13-7-9/h9-10,13,15H,1-8H2/t10-,12-/m1/s1. The first-order valence-electron chi connectivity index (χ1n) is 6.50. The summed E-state index contributed by atoms with van der Waals surface area (Å²) < 4.78 is 5.84. The summed E-state index contributed by atoms with van der Waals surface area (Å²) in [6, 6.07) is 0. The summed E-state index contributed by atoms with van der Waals surface area (Å²) in [4.78, 5) is 14.0. The average molecular weight is 240 g/mol. The Labute approximate surface area is 101 Å². The lowest BCUT2D eigenvalue weighted by molar-refractivity contribution is -0.141. The maximum Gasteiger partial charge on any atom is 0.228 e. The third-order valence-electron chi connectivity index (χ3n) is 4.23. The van der Waals surface area contributed by atoms with Gasteiger partial charge in [0, 0.05) is 39.2 Å². The Kier molecular flexibility index (Phi) is 2.84. The zero-order valence-electron chi connectivity index (χ0n) is 10.0. The molecule has 0 bridgehead atoms. The van der Waals surface area contributed by atoms with Crippen molar-refractivity contribution in [1.29, 1.82) is 0 Å². The molecule has 17 heavy (non-hydrogen) atoms. The van der Waals surface area contributed by atoms with Crippen LogP contribution in [-0.4, -0.2) is 60.4 Å². The summed E-state index contributed by atoms with van der Waals surface area (Å²) in [5, 5.41) is 12.9. The van der Waals surface area contributed by atoms with E-state index in [1.54, 1.807) is 0 Å². The first kappa shape index (κ1) is 11.4. The molecule has 5 heteroatoms. The van der Waals surface area contributed by atoms with Crippen molar-refractivity contribution in [2.75, 3.05) is 32.8 Å². The molecule has 96 valence electrons. The molecule has 3 aliphatic rings. The van der Waals surface area contributed by atoms with E-state index in [9.17, 15) is 9.90 Å². The number of hydrogen-bond acceptors (Lipinski definition) is 4. The van der Waals surface area contributed by atoms with Crippen LogP contribution < -0.4 is 5.32 Å². The highest BCUT2D eigenvalue weighted by atomic mass is 16.5. The van der Waals surface area contributed by atoms with Crippen LogP contribution in [0.4, 0.5) is 0 Å². The highest BCUT2D eigenvalue weighted by Gasteiger charge is 2.45. The Bertz CT molecular complexity index is 319. The molecule has 0 aromatic rings. The Morgan fingerprint density at radius 1 is 1.47 bits per heavy atom. The minimum atomic E-state index is -0.260. The molecule has 3 heterocycles. The fourth-order valence-corrected chi connectivity index (χ4v) is 3.04. The fraction of sp³-hybridized carbons (Fsp3) is 0.917. The molecule has 2 atom stereocenters. The number of likely N-dealkylation sites (tertiary alicyclic amines) is 1. The normalized spacial score (nSPS) is 38.4. The predicted octanol–water partition coefficient (Wildman–Crippen LogP) is -0.652. The zero-order chi connectivity index (χ0) is 11.9. The summed E-state index contributed by atoms with van der Waals surface area (Å²) in [6.45, 7) is 3.69. The predicted molar refractivity (Wildman–Crippen MR) is 61.5 cm³/mol. The van der Waals surface area contributed by atoms with Gasteiger partial charge in [0.25, 0.3) is 0 Å². The smallest absolute Gasteiger partial charge is 0.228 e. The van der Waals surface area contributed by atoms with E-state index in [1.807, 2.05) is 4.90 Å². The monoisotopic (exact) mass is 240 g/mol. The Morgan fingerprint density at radius 3 is 2.94 bits per heavy atom. The van der Waals surface area contributed by atoms with Crippen molar-refractivity contribution in [3.8, 4) is 0 Å². The molecular formula is C12H20N2O3. The molecule has 0 aromatic heterocycles. The molecule has 0 radical (unpaired) electrons. The number of aliphatic hydroxyl groups excluding tert-OH is 1. The van der Waals surface area contributed by atoms with Gasteiger partial charge in [-0.1, -0.05) is 0 Å². The Balaban J connectivity index is 1.62. The largest absolute Gasteiger partial charge is 0.393 e. The summed E-state index contributed by atoms with van der Waals surface area (Å²) in [5.41, 5.74) is -0.259. The number of carbonyl (C=O) groups excluding carboxylic acids is 1. The first-order valence-corrected chi connectivity index (χ1v) is 6.50. The quantitative estimate of drug-likeness (QED) is 0.639. The van der Waals surface area contributed by atoms with E-state index in [-0.39, 0.29) is 23.5 Å². The van der Waals surface area contributed by atoms with Crippen LogP contribution in [0.1, 0.15) is 19.3 Å². The maximum atomic E-state index is 12.1. The van der Waals surface area contributed by atoms with Gasteiger partial charge in [-0.15, -0.1) is 0 Å². The molecule has 0 aromatic carbocycles. The Morgan fingerprint density at radius 2 is 2.29 bits per heavy atom. The van der Waals surface area contributed by atoms with E-state index in [0.29, 0.717) is 19.6 Å². The molecule has 0 saturated carbocycles. The van der Waals surface area contributed by atoms with E-state index >= 15 is 0 Å². The van der Waals surface area contributed by atoms with Gasteiger partial charge >= 0.3 is 0 Å². The number of rotatable bonds is 1. The second-order valence-electron chi connectivity index (χ2n) is 5.54. The molecule has 3 fully saturated rings. The van der Waals surface area contributed by atoms with E-state index in [0.717, 1.165) is 32.5 Å². The van der Waals surface area contributed by atoms with Gasteiger partial charge < -0.3 is 20.1 Å². The topological polar surface area (TPSA) is 61.8 Å². The van der Waals surface area contributed by atoms with Gasteiger partial charge in [0.1, 0.15) is 0 Å². The second-order valence-corrected chi connectivity index (χ2v) is 5.54. The van der Waals surface area contributed by atoms with Crippen LogP contribution in [-0.2, 0) is 9.53 Å². The van der Waals surface area contributed by atoms with Crippen molar-refractivity contribution >= 4 is 5.91 Å². The van der Waals surface area contributed by atoms with Crippen molar-refractivity contribution in [2.24, 2.45) is 5.92 Å². The molecule has 3 aliphatic heterocycles. The zero-order valence-corrected chi connectivity index (χ0v) is 10.0. The summed E-state index contributed by atoms with van der Waals surface area (Å²) in [7, 11) is 0. The number of ether oxygens (including phenoxy) is 1.